The highest BCUT2D eigenvalue weighted by molar-refractivity contribution is 6.07. The number of nitrogens with zero attached hydrogens (tertiary/aromatic N) is 1. The Morgan fingerprint density at radius 3 is 2.78 bits per heavy atom. The molecule has 3 N–H and O–H groups in total. The summed E-state index contributed by atoms with van der Waals surface area (Å²) in [5, 5.41) is 23.1. The van der Waals surface area contributed by atoms with Gasteiger partial charge in [-0.25, -0.2) is 0 Å². The number of H-pyrrole nitrogens is 1. The number of aromatic nitrogens is 1. The summed E-state index contributed by atoms with van der Waals surface area (Å²) < 4.78 is 0. The number of rotatable bonds is 4. The average Bonchev–Trinajstić information content (AvgIpc) is 3.12. The van der Waals surface area contributed by atoms with Crippen LogP contribution in [0.5, 0.6) is 0 Å². The Balaban J connectivity index is 1.80. The molecule has 1 amide bonds. The number of non-ortho nitro benzene ring substituents is 1. The SMILES string of the molecule is O=C(N[C@@H]1CC[C@H](C(=O)O)C1)c1c[nH]c2ccc([N+](=O)[O-])cc12. The number of amides is 1. The van der Waals surface area contributed by atoms with E-state index in [0.29, 0.717) is 35.7 Å². The Morgan fingerprint density at radius 1 is 1.35 bits per heavy atom. The zero-order valence-corrected chi connectivity index (χ0v) is 12.1. The van der Waals surface area contributed by atoms with Crippen molar-refractivity contribution in [2.24, 2.45) is 5.92 Å². The first kappa shape index (κ1) is 15.0. The van der Waals surface area contributed by atoms with Crippen molar-refractivity contribution < 1.29 is 19.6 Å². The highest BCUT2D eigenvalue weighted by Crippen LogP contribution is 2.27. The molecule has 1 aliphatic carbocycles. The number of aliphatic carboxylic acids is 1. The van der Waals surface area contributed by atoms with Crippen LogP contribution in [-0.4, -0.2) is 32.9 Å². The van der Waals surface area contributed by atoms with Crippen molar-refractivity contribution in [3.63, 3.8) is 0 Å². The largest absolute Gasteiger partial charge is 0.481 e. The van der Waals surface area contributed by atoms with E-state index in [1.807, 2.05) is 0 Å². The van der Waals surface area contributed by atoms with Crippen LogP contribution in [0.3, 0.4) is 0 Å². The number of carboxylic acid groups (broad SMARTS) is 1. The van der Waals surface area contributed by atoms with Crippen molar-refractivity contribution in [1.82, 2.24) is 10.3 Å². The fourth-order valence-electron chi connectivity index (χ4n) is 3.01. The second-order valence-corrected chi connectivity index (χ2v) is 5.71. The number of hydrogen-bond donors (Lipinski definition) is 3. The number of aromatic amines is 1. The minimum Gasteiger partial charge on any atom is -0.481 e. The molecule has 2 atom stereocenters. The number of carboxylic acids is 1. The van der Waals surface area contributed by atoms with Crippen LogP contribution in [0, 0.1) is 16.0 Å². The summed E-state index contributed by atoms with van der Waals surface area (Å²) in [6, 6.07) is 4.09. The molecule has 120 valence electrons. The van der Waals surface area contributed by atoms with Gasteiger partial charge in [-0.3, -0.25) is 19.7 Å². The number of carbonyl (C=O) groups is 2. The molecule has 8 heteroatoms. The van der Waals surface area contributed by atoms with Crippen LogP contribution < -0.4 is 5.32 Å². The molecule has 0 unspecified atom stereocenters. The van der Waals surface area contributed by atoms with Crippen LogP contribution in [-0.2, 0) is 4.79 Å². The number of nitrogens with one attached hydrogen (secondary N) is 2. The molecule has 1 saturated carbocycles. The fraction of sp³-hybridized carbons (Fsp3) is 0.333. The molecule has 1 aromatic heterocycles. The molecule has 23 heavy (non-hydrogen) atoms. The zero-order chi connectivity index (χ0) is 16.6. The third-order valence-electron chi connectivity index (χ3n) is 4.24. The first-order valence-corrected chi connectivity index (χ1v) is 7.25. The number of fused-ring (bicyclic) bond motifs is 1. The molecule has 1 aromatic carbocycles. The Morgan fingerprint density at radius 2 is 2.13 bits per heavy atom. The average molecular weight is 317 g/mol. The maximum Gasteiger partial charge on any atom is 0.306 e. The van der Waals surface area contributed by atoms with Gasteiger partial charge in [0.1, 0.15) is 0 Å². The van der Waals surface area contributed by atoms with Crippen LogP contribution in [0.15, 0.2) is 24.4 Å². The van der Waals surface area contributed by atoms with Gasteiger partial charge in [-0.15, -0.1) is 0 Å². The van der Waals surface area contributed by atoms with Gasteiger partial charge in [0.25, 0.3) is 11.6 Å². The van der Waals surface area contributed by atoms with Crippen LogP contribution in [0.25, 0.3) is 10.9 Å². The van der Waals surface area contributed by atoms with E-state index in [4.69, 9.17) is 5.11 Å². The Kier molecular flexibility index (Phi) is 3.73. The molecule has 0 radical (unpaired) electrons. The Hall–Kier alpha value is -2.90. The van der Waals surface area contributed by atoms with Crippen molar-refractivity contribution in [2.45, 2.75) is 25.3 Å². The molecule has 0 bridgehead atoms. The van der Waals surface area contributed by atoms with Crippen LogP contribution in [0.2, 0.25) is 0 Å². The lowest BCUT2D eigenvalue weighted by Crippen LogP contribution is -2.33. The summed E-state index contributed by atoms with van der Waals surface area (Å²) in [5.41, 5.74) is 0.871. The molecule has 1 heterocycles. The quantitative estimate of drug-likeness (QED) is 0.588. The van der Waals surface area contributed by atoms with E-state index in [2.05, 4.69) is 10.3 Å². The van der Waals surface area contributed by atoms with Crippen molar-refractivity contribution in [2.75, 3.05) is 0 Å². The van der Waals surface area contributed by atoms with Crippen LogP contribution in [0.1, 0.15) is 29.6 Å². The van der Waals surface area contributed by atoms with Gasteiger partial charge in [-0.05, 0) is 25.3 Å². The van der Waals surface area contributed by atoms with E-state index in [9.17, 15) is 19.7 Å². The smallest absolute Gasteiger partial charge is 0.306 e. The summed E-state index contributed by atoms with van der Waals surface area (Å²) in [7, 11) is 0. The highest BCUT2D eigenvalue weighted by Gasteiger charge is 2.31. The predicted molar refractivity (Wildman–Crippen MR) is 81.2 cm³/mol. The van der Waals surface area contributed by atoms with Gasteiger partial charge in [0.05, 0.1) is 16.4 Å². The van der Waals surface area contributed by atoms with Gasteiger partial charge in [-0.1, -0.05) is 0 Å². The number of nitro groups is 1. The summed E-state index contributed by atoms with van der Waals surface area (Å²) in [5.74, 6) is -1.62. The standard InChI is InChI=1S/C15H15N3O5/c19-14(17-9-2-1-8(5-9)15(20)21)12-7-16-13-4-3-10(18(22)23)6-11(12)13/h3-4,6-9,16H,1-2,5H2,(H,17,19)(H,20,21)/t8-,9+/m0/s1. The molecule has 0 aliphatic heterocycles. The van der Waals surface area contributed by atoms with E-state index >= 15 is 0 Å². The second-order valence-electron chi connectivity index (χ2n) is 5.71. The number of hydrogen-bond acceptors (Lipinski definition) is 4. The lowest BCUT2D eigenvalue weighted by Gasteiger charge is -2.11. The summed E-state index contributed by atoms with van der Waals surface area (Å²) in [6.45, 7) is 0. The van der Waals surface area contributed by atoms with E-state index in [1.54, 1.807) is 6.07 Å². The van der Waals surface area contributed by atoms with Gasteiger partial charge in [0.15, 0.2) is 0 Å². The van der Waals surface area contributed by atoms with E-state index < -0.39 is 16.8 Å². The number of carbonyl (C=O) groups excluding carboxylic acids is 1. The monoisotopic (exact) mass is 317 g/mol. The normalized spacial score (nSPS) is 20.5. The molecule has 0 saturated heterocycles. The maximum absolute atomic E-state index is 12.4. The minimum atomic E-state index is -0.843. The lowest BCUT2D eigenvalue weighted by atomic mass is 10.1. The lowest BCUT2D eigenvalue weighted by molar-refractivity contribution is -0.384. The molecule has 1 aliphatic rings. The van der Waals surface area contributed by atoms with E-state index in [0.717, 1.165) is 0 Å². The first-order chi connectivity index (χ1) is 11.0. The van der Waals surface area contributed by atoms with Crippen LogP contribution in [0.4, 0.5) is 5.69 Å². The Bertz CT molecular complexity index is 798. The van der Waals surface area contributed by atoms with Gasteiger partial charge < -0.3 is 15.4 Å². The van der Waals surface area contributed by atoms with Crippen molar-refractivity contribution in [3.05, 3.63) is 40.1 Å². The van der Waals surface area contributed by atoms with Crippen molar-refractivity contribution in [1.29, 1.82) is 0 Å². The molecule has 0 spiro atoms. The molecule has 1 fully saturated rings. The highest BCUT2D eigenvalue weighted by atomic mass is 16.6. The van der Waals surface area contributed by atoms with Gasteiger partial charge >= 0.3 is 5.97 Å². The predicted octanol–water partition coefficient (Wildman–Crippen LogP) is 2.06. The molecule has 8 nitrogen and oxygen atoms in total. The van der Waals surface area contributed by atoms with E-state index in [-0.39, 0.29) is 17.6 Å². The van der Waals surface area contributed by atoms with Gasteiger partial charge in [0.2, 0.25) is 0 Å². The third kappa shape index (κ3) is 2.87. The Labute approximate surface area is 130 Å². The van der Waals surface area contributed by atoms with Crippen molar-refractivity contribution >= 4 is 28.5 Å². The summed E-state index contributed by atoms with van der Waals surface area (Å²) >= 11 is 0. The number of nitro benzene ring substituents is 1. The molecule has 3 rings (SSSR count). The third-order valence-corrected chi connectivity index (χ3v) is 4.24. The topological polar surface area (TPSA) is 125 Å². The summed E-state index contributed by atoms with van der Waals surface area (Å²) in [4.78, 5) is 36.6. The van der Waals surface area contributed by atoms with Crippen LogP contribution >= 0.6 is 0 Å². The molecular formula is C15H15N3O5. The minimum absolute atomic E-state index is 0.0852. The van der Waals surface area contributed by atoms with Gasteiger partial charge in [-0.2, -0.15) is 0 Å². The van der Waals surface area contributed by atoms with Gasteiger partial charge in [0, 0.05) is 35.3 Å². The fourth-order valence-corrected chi connectivity index (χ4v) is 3.01. The second kappa shape index (κ2) is 5.71. The summed E-state index contributed by atoms with van der Waals surface area (Å²) in [6.07, 6.45) is 3.07. The zero-order valence-electron chi connectivity index (χ0n) is 12.1. The molecular weight excluding hydrogens is 302 g/mol. The van der Waals surface area contributed by atoms with Crippen molar-refractivity contribution in [3.8, 4) is 0 Å². The first-order valence-electron chi connectivity index (χ1n) is 7.25. The molecule has 2 aromatic rings. The number of benzene rings is 1. The van der Waals surface area contributed by atoms with E-state index in [1.165, 1.54) is 18.3 Å². The maximum atomic E-state index is 12.4.